The van der Waals surface area contributed by atoms with Crippen molar-refractivity contribution in [2.45, 2.75) is 57.8 Å². The monoisotopic (exact) mass is 554 g/mol. The van der Waals surface area contributed by atoms with Crippen molar-refractivity contribution in [2.24, 2.45) is 0 Å². The van der Waals surface area contributed by atoms with E-state index in [4.69, 9.17) is 13.6 Å². The minimum Gasteiger partial charge on any atom is -0.507 e. The first-order chi connectivity index (χ1) is 20.0. The van der Waals surface area contributed by atoms with E-state index in [0.717, 1.165) is 12.8 Å². The smallest absolute Gasteiger partial charge is 0.344 e. The highest BCUT2D eigenvalue weighted by Crippen LogP contribution is 2.42. The molecule has 212 valence electrons. The van der Waals surface area contributed by atoms with Crippen LogP contribution in [0.1, 0.15) is 74.5 Å². The highest BCUT2D eigenvalue weighted by molar-refractivity contribution is 5.86. The maximum absolute atomic E-state index is 13.3. The van der Waals surface area contributed by atoms with Crippen molar-refractivity contribution in [2.75, 3.05) is 6.61 Å². The van der Waals surface area contributed by atoms with Gasteiger partial charge in [-0.2, -0.15) is 0 Å². The number of ether oxygens (including phenoxy) is 1. The van der Waals surface area contributed by atoms with Gasteiger partial charge in [0, 0.05) is 0 Å². The number of benzene rings is 3. The number of hydrogen-bond donors (Lipinski definition) is 2. The minimum absolute atomic E-state index is 0.168. The van der Waals surface area contributed by atoms with Crippen molar-refractivity contribution in [1.29, 1.82) is 0 Å². The molecule has 2 heterocycles. The van der Waals surface area contributed by atoms with Gasteiger partial charge >= 0.3 is 11.3 Å². The van der Waals surface area contributed by atoms with Gasteiger partial charge in [0.1, 0.15) is 28.4 Å². The van der Waals surface area contributed by atoms with Crippen LogP contribution in [-0.4, -0.2) is 16.8 Å². The molecule has 3 aromatic carbocycles. The molecule has 0 spiro atoms. The molecule has 7 nitrogen and oxygen atoms in total. The van der Waals surface area contributed by atoms with E-state index in [9.17, 15) is 19.8 Å². The van der Waals surface area contributed by atoms with Gasteiger partial charge in [0.2, 0.25) is 0 Å². The lowest BCUT2D eigenvalue weighted by Crippen LogP contribution is -2.21. The molecular weight excluding hydrogens is 520 g/mol. The third-order valence-electron chi connectivity index (χ3n) is 7.45. The number of hydrogen-bond acceptors (Lipinski definition) is 7. The van der Waals surface area contributed by atoms with Crippen LogP contribution in [0.4, 0.5) is 0 Å². The van der Waals surface area contributed by atoms with Crippen LogP contribution in [0.2, 0.25) is 0 Å². The Hall–Kier alpha value is -4.52. The molecule has 0 fully saturated rings. The summed E-state index contributed by atoms with van der Waals surface area (Å²) >= 11 is 0. The van der Waals surface area contributed by atoms with E-state index in [2.05, 4.69) is 6.92 Å². The molecule has 0 aliphatic heterocycles. The Labute approximate surface area is 237 Å². The predicted octanol–water partition coefficient (Wildman–Crippen LogP) is 7.62. The largest absolute Gasteiger partial charge is 0.507 e. The van der Waals surface area contributed by atoms with Gasteiger partial charge in [0.25, 0.3) is 0 Å². The second-order valence-corrected chi connectivity index (χ2v) is 10.3. The fourth-order valence-electron chi connectivity index (χ4n) is 5.29. The van der Waals surface area contributed by atoms with Crippen LogP contribution in [0.3, 0.4) is 0 Å². The molecule has 5 rings (SSSR count). The summed E-state index contributed by atoms with van der Waals surface area (Å²) in [5.74, 6) is -1.18. The van der Waals surface area contributed by atoms with Crippen LogP contribution in [-0.2, 0) is 0 Å². The molecule has 0 radical (unpaired) electrons. The second kappa shape index (κ2) is 12.8. The summed E-state index contributed by atoms with van der Waals surface area (Å²) in [6.07, 6.45) is 8.29. The Morgan fingerprint density at radius 1 is 0.659 bits per heavy atom. The van der Waals surface area contributed by atoms with E-state index in [1.807, 2.05) is 0 Å². The normalized spacial score (nSPS) is 11.5. The predicted molar refractivity (Wildman–Crippen MR) is 159 cm³/mol. The Morgan fingerprint density at radius 2 is 1.15 bits per heavy atom. The third-order valence-corrected chi connectivity index (χ3v) is 7.45. The van der Waals surface area contributed by atoms with E-state index in [1.165, 1.54) is 32.1 Å². The maximum Gasteiger partial charge on any atom is 0.344 e. The van der Waals surface area contributed by atoms with Crippen molar-refractivity contribution in [1.82, 2.24) is 0 Å². The van der Waals surface area contributed by atoms with E-state index >= 15 is 0 Å². The van der Waals surface area contributed by atoms with Gasteiger partial charge in [-0.25, -0.2) is 9.59 Å². The maximum atomic E-state index is 13.3. The van der Waals surface area contributed by atoms with Crippen LogP contribution < -0.4 is 16.0 Å². The first-order valence-electron chi connectivity index (χ1n) is 14.2. The average molecular weight is 555 g/mol. The quantitative estimate of drug-likeness (QED) is 0.121. The topological polar surface area (TPSA) is 110 Å². The summed E-state index contributed by atoms with van der Waals surface area (Å²) in [5.41, 5.74) is -1.08. The Kier molecular flexibility index (Phi) is 8.73. The minimum atomic E-state index is -1.17. The molecule has 0 saturated carbocycles. The summed E-state index contributed by atoms with van der Waals surface area (Å²) in [6.45, 7) is 2.79. The highest BCUT2D eigenvalue weighted by Gasteiger charge is 2.32. The summed E-state index contributed by atoms with van der Waals surface area (Å²) in [5, 5.41) is 23.2. The van der Waals surface area contributed by atoms with Gasteiger partial charge in [-0.3, -0.25) is 0 Å². The molecule has 41 heavy (non-hydrogen) atoms. The second-order valence-electron chi connectivity index (χ2n) is 10.3. The van der Waals surface area contributed by atoms with E-state index in [1.54, 1.807) is 72.8 Å². The van der Waals surface area contributed by atoms with Gasteiger partial charge in [0.05, 0.1) is 34.4 Å². The van der Waals surface area contributed by atoms with E-state index in [-0.39, 0.29) is 33.8 Å². The van der Waals surface area contributed by atoms with Crippen LogP contribution in [0.25, 0.3) is 21.9 Å². The molecule has 0 amide bonds. The lowest BCUT2D eigenvalue weighted by molar-refractivity contribution is 0.304. The lowest BCUT2D eigenvalue weighted by Gasteiger charge is -2.20. The first-order valence-corrected chi connectivity index (χ1v) is 14.2. The molecule has 7 heteroatoms. The fraction of sp³-hybridized carbons (Fsp3) is 0.294. The molecule has 0 bridgehead atoms. The average Bonchev–Trinajstić information content (AvgIpc) is 2.98. The summed E-state index contributed by atoms with van der Waals surface area (Å²) in [6, 6.07) is 20.1. The van der Waals surface area contributed by atoms with Crippen molar-refractivity contribution in [3.8, 4) is 17.2 Å². The Bertz CT molecular complexity index is 1650. The summed E-state index contributed by atoms with van der Waals surface area (Å²) < 4.78 is 17.0. The molecule has 0 saturated heterocycles. The van der Waals surface area contributed by atoms with Crippen molar-refractivity contribution in [3.05, 3.63) is 110 Å². The van der Waals surface area contributed by atoms with Gasteiger partial charge in [-0.15, -0.1) is 0 Å². The van der Waals surface area contributed by atoms with Crippen LogP contribution in [0, 0.1) is 0 Å². The highest BCUT2D eigenvalue weighted by atomic mass is 16.5. The number of para-hydroxylation sites is 2. The van der Waals surface area contributed by atoms with Crippen LogP contribution >= 0.6 is 0 Å². The van der Waals surface area contributed by atoms with Crippen LogP contribution in [0.5, 0.6) is 17.2 Å². The number of unbranched alkanes of at least 4 members (excludes halogenated alkanes) is 6. The molecule has 2 aromatic heterocycles. The lowest BCUT2D eigenvalue weighted by atomic mass is 9.84. The third kappa shape index (κ3) is 5.99. The number of fused-ring (bicyclic) bond motifs is 2. The zero-order chi connectivity index (χ0) is 28.8. The molecule has 2 N–H and O–H groups in total. The molecule has 5 aromatic rings. The van der Waals surface area contributed by atoms with Gasteiger partial charge in [-0.1, -0.05) is 81.8 Å². The van der Waals surface area contributed by atoms with Gasteiger partial charge < -0.3 is 23.8 Å². The molecule has 0 atom stereocenters. The van der Waals surface area contributed by atoms with Gasteiger partial charge in [0.15, 0.2) is 0 Å². The molecule has 0 unspecified atom stereocenters. The van der Waals surface area contributed by atoms with Crippen molar-refractivity contribution < 1.29 is 23.8 Å². The Morgan fingerprint density at radius 3 is 1.68 bits per heavy atom. The SMILES string of the molecule is CCCCCCCCCOc1ccc(C(c2c(O)c3ccccc3oc2=O)c2c(O)c3ccccc3oc2=O)cc1. The number of rotatable bonds is 12. The first kappa shape index (κ1) is 28.0. The molecular formula is C34H34O7. The number of aromatic hydroxyl groups is 2. The van der Waals surface area contributed by atoms with Crippen molar-refractivity contribution in [3.63, 3.8) is 0 Å². The summed E-state index contributed by atoms with van der Waals surface area (Å²) in [4.78, 5) is 26.6. The van der Waals surface area contributed by atoms with Crippen molar-refractivity contribution >= 4 is 21.9 Å². The zero-order valence-corrected chi connectivity index (χ0v) is 23.1. The molecule has 0 aliphatic carbocycles. The Balaban J connectivity index is 1.51. The zero-order valence-electron chi connectivity index (χ0n) is 23.1. The van der Waals surface area contributed by atoms with E-state index in [0.29, 0.717) is 28.7 Å². The summed E-state index contributed by atoms with van der Waals surface area (Å²) in [7, 11) is 0. The standard InChI is InChI=1S/C34H34O7/c1-2-3-4-5-6-7-12-21-39-23-19-17-22(18-20-23)28(29-31(35)24-13-8-10-15-26(24)40-33(29)37)30-32(36)25-14-9-11-16-27(25)41-34(30)38/h8-11,13-20,28,35-36H,2-7,12,21H2,1H3. The van der Waals surface area contributed by atoms with E-state index < -0.39 is 17.2 Å². The molecule has 0 aliphatic rings. The van der Waals surface area contributed by atoms with Crippen LogP contribution in [0.15, 0.2) is 91.2 Å². The van der Waals surface area contributed by atoms with Gasteiger partial charge in [-0.05, 0) is 48.4 Å². The fourth-order valence-corrected chi connectivity index (χ4v) is 5.29.